The first-order valence-corrected chi connectivity index (χ1v) is 10.3. The highest BCUT2D eigenvalue weighted by atomic mass is 32.2. The topological polar surface area (TPSA) is 61.8 Å². The van der Waals surface area contributed by atoms with Crippen LogP contribution in [0.2, 0.25) is 0 Å². The molecule has 1 aliphatic heterocycles. The van der Waals surface area contributed by atoms with E-state index in [-0.39, 0.29) is 17.6 Å². The number of hydrogen-bond acceptors (Lipinski definition) is 4. The van der Waals surface area contributed by atoms with E-state index in [0.29, 0.717) is 24.0 Å². The van der Waals surface area contributed by atoms with Crippen LogP contribution in [0.25, 0.3) is 6.08 Å². The van der Waals surface area contributed by atoms with E-state index < -0.39 is 0 Å². The van der Waals surface area contributed by atoms with E-state index in [4.69, 9.17) is 0 Å². The van der Waals surface area contributed by atoms with Crippen molar-refractivity contribution >= 4 is 34.8 Å². The Morgan fingerprint density at radius 2 is 1.90 bits per heavy atom. The number of thioether (sulfide) groups is 1. The molecule has 0 aliphatic carbocycles. The molecule has 2 aromatic rings. The minimum Gasteiger partial charge on any atom is -0.351 e. The standard InChI is InChI=1S/C23H23N3O2S/c1-3-13-26-22(28)20(14-18-11-9-17(2)10-12-18)25-23(26)29-16-21(27)24-15-19-7-5-4-6-8-19/h3-12,14H,1,13,15-16H2,2H3,(H,24,27)/b20-14+. The second-order valence-electron chi connectivity index (χ2n) is 6.59. The second kappa shape index (κ2) is 9.89. The fourth-order valence-corrected chi connectivity index (χ4v) is 3.57. The summed E-state index contributed by atoms with van der Waals surface area (Å²) in [6.07, 6.45) is 3.42. The highest BCUT2D eigenvalue weighted by Gasteiger charge is 2.30. The normalized spacial score (nSPS) is 14.8. The minimum atomic E-state index is -0.183. The van der Waals surface area contributed by atoms with Crippen LogP contribution in [0.4, 0.5) is 0 Å². The van der Waals surface area contributed by atoms with Gasteiger partial charge in [-0.25, -0.2) is 4.99 Å². The quantitative estimate of drug-likeness (QED) is 0.563. The number of carbonyl (C=O) groups is 2. The van der Waals surface area contributed by atoms with Crippen molar-refractivity contribution in [3.05, 3.63) is 89.6 Å². The first-order valence-electron chi connectivity index (χ1n) is 9.30. The number of amides is 2. The van der Waals surface area contributed by atoms with E-state index in [2.05, 4.69) is 16.9 Å². The Kier molecular flexibility index (Phi) is 7.03. The number of carbonyl (C=O) groups excluding carboxylic acids is 2. The smallest absolute Gasteiger partial charge is 0.278 e. The average molecular weight is 406 g/mol. The van der Waals surface area contributed by atoms with Crippen molar-refractivity contribution < 1.29 is 9.59 Å². The van der Waals surface area contributed by atoms with E-state index in [1.165, 1.54) is 11.8 Å². The highest BCUT2D eigenvalue weighted by Crippen LogP contribution is 2.24. The Balaban J connectivity index is 1.65. The lowest BCUT2D eigenvalue weighted by Crippen LogP contribution is -2.32. The molecule has 1 N–H and O–H groups in total. The molecule has 29 heavy (non-hydrogen) atoms. The molecule has 0 saturated heterocycles. The maximum absolute atomic E-state index is 12.7. The van der Waals surface area contributed by atoms with E-state index in [1.807, 2.05) is 61.5 Å². The first-order chi connectivity index (χ1) is 14.1. The molecule has 0 radical (unpaired) electrons. The van der Waals surface area contributed by atoms with Crippen LogP contribution in [0.15, 0.2) is 77.9 Å². The third kappa shape index (κ3) is 5.68. The maximum Gasteiger partial charge on any atom is 0.278 e. The molecule has 148 valence electrons. The van der Waals surface area contributed by atoms with Gasteiger partial charge in [-0.1, -0.05) is 78.0 Å². The van der Waals surface area contributed by atoms with Crippen LogP contribution in [0, 0.1) is 6.92 Å². The Labute approximate surface area is 175 Å². The maximum atomic E-state index is 12.7. The third-order valence-electron chi connectivity index (χ3n) is 4.27. The summed E-state index contributed by atoms with van der Waals surface area (Å²) in [5.74, 6) is -0.106. The minimum absolute atomic E-state index is 0.108. The molecule has 1 heterocycles. The van der Waals surface area contributed by atoms with Gasteiger partial charge >= 0.3 is 0 Å². The van der Waals surface area contributed by atoms with Gasteiger partial charge in [-0.05, 0) is 24.1 Å². The summed E-state index contributed by atoms with van der Waals surface area (Å²) in [6, 6.07) is 17.6. The van der Waals surface area contributed by atoms with Crippen LogP contribution in [-0.2, 0) is 16.1 Å². The zero-order valence-electron chi connectivity index (χ0n) is 16.3. The number of aryl methyl sites for hydroxylation is 1. The fourth-order valence-electron chi connectivity index (χ4n) is 2.73. The van der Waals surface area contributed by atoms with E-state index in [1.54, 1.807) is 17.1 Å². The number of aliphatic imine (C=N–C) groups is 1. The van der Waals surface area contributed by atoms with Gasteiger partial charge in [-0.15, -0.1) is 6.58 Å². The van der Waals surface area contributed by atoms with E-state index in [0.717, 1.165) is 16.7 Å². The van der Waals surface area contributed by atoms with E-state index in [9.17, 15) is 9.59 Å². The van der Waals surface area contributed by atoms with Gasteiger partial charge < -0.3 is 5.32 Å². The molecule has 5 nitrogen and oxygen atoms in total. The van der Waals surface area contributed by atoms with Crippen molar-refractivity contribution in [3.8, 4) is 0 Å². The van der Waals surface area contributed by atoms with Gasteiger partial charge in [0.2, 0.25) is 5.91 Å². The number of hydrogen-bond donors (Lipinski definition) is 1. The molecular weight excluding hydrogens is 382 g/mol. The van der Waals surface area contributed by atoms with Crippen molar-refractivity contribution in [3.63, 3.8) is 0 Å². The summed E-state index contributed by atoms with van der Waals surface area (Å²) >= 11 is 1.25. The number of rotatable bonds is 7. The molecule has 0 spiro atoms. The van der Waals surface area contributed by atoms with Crippen LogP contribution in [0.1, 0.15) is 16.7 Å². The zero-order valence-corrected chi connectivity index (χ0v) is 17.1. The summed E-state index contributed by atoms with van der Waals surface area (Å²) in [4.78, 5) is 30.9. The Morgan fingerprint density at radius 3 is 2.59 bits per heavy atom. The molecule has 2 amide bonds. The number of nitrogens with one attached hydrogen (secondary N) is 1. The van der Waals surface area contributed by atoms with Gasteiger partial charge in [0.15, 0.2) is 5.17 Å². The molecule has 6 heteroatoms. The molecule has 0 fully saturated rings. The summed E-state index contributed by atoms with van der Waals surface area (Å²) in [7, 11) is 0. The van der Waals surface area contributed by atoms with Crippen molar-refractivity contribution in [2.45, 2.75) is 13.5 Å². The van der Waals surface area contributed by atoms with Gasteiger partial charge in [0.05, 0.1) is 5.75 Å². The second-order valence-corrected chi connectivity index (χ2v) is 7.53. The molecular formula is C23H23N3O2S. The largest absolute Gasteiger partial charge is 0.351 e. The Hall–Kier alpha value is -3.12. The van der Waals surface area contributed by atoms with Crippen LogP contribution in [-0.4, -0.2) is 34.2 Å². The molecule has 0 unspecified atom stereocenters. The van der Waals surface area contributed by atoms with Gasteiger partial charge in [0.1, 0.15) is 5.70 Å². The Bertz CT molecular complexity index is 950. The van der Waals surface area contributed by atoms with Gasteiger partial charge in [0, 0.05) is 13.1 Å². The first kappa shape index (κ1) is 20.6. The average Bonchev–Trinajstić information content (AvgIpc) is 3.02. The van der Waals surface area contributed by atoms with Crippen molar-refractivity contribution in [2.75, 3.05) is 12.3 Å². The monoisotopic (exact) mass is 405 g/mol. The highest BCUT2D eigenvalue weighted by molar-refractivity contribution is 8.14. The molecule has 0 bridgehead atoms. The lowest BCUT2D eigenvalue weighted by Gasteiger charge is -2.15. The van der Waals surface area contributed by atoms with Crippen LogP contribution in [0.3, 0.4) is 0 Å². The molecule has 0 aromatic heterocycles. The van der Waals surface area contributed by atoms with Crippen molar-refractivity contribution in [1.82, 2.24) is 10.2 Å². The van der Waals surface area contributed by atoms with Crippen molar-refractivity contribution in [1.29, 1.82) is 0 Å². The lowest BCUT2D eigenvalue weighted by molar-refractivity contribution is -0.122. The number of benzene rings is 2. The summed E-state index contributed by atoms with van der Waals surface area (Å²) in [5, 5.41) is 3.40. The predicted octanol–water partition coefficient (Wildman–Crippen LogP) is 3.77. The van der Waals surface area contributed by atoms with Crippen LogP contribution in [0.5, 0.6) is 0 Å². The SMILES string of the molecule is C=CCN1C(=O)/C(=C\c2ccc(C)cc2)N=C1SCC(=O)NCc1ccccc1. The van der Waals surface area contributed by atoms with Gasteiger partial charge in [0.25, 0.3) is 5.91 Å². The summed E-state index contributed by atoms with van der Waals surface area (Å²) in [5.41, 5.74) is 3.46. The van der Waals surface area contributed by atoms with Gasteiger partial charge in [-0.2, -0.15) is 0 Å². The zero-order chi connectivity index (χ0) is 20.6. The summed E-state index contributed by atoms with van der Waals surface area (Å²) in [6.45, 7) is 6.55. The fraction of sp³-hybridized carbons (Fsp3) is 0.174. The number of amidine groups is 1. The molecule has 0 atom stereocenters. The van der Waals surface area contributed by atoms with Gasteiger partial charge in [-0.3, -0.25) is 14.5 Å². The molecule has 3 rings (SSSR count). The summed E-state index contributed by atoms with van der Waals surface area (Å²) < 4.78 is 0. The van der Waals surface area contributed by atoms with E-state index >= 15 is 0 Å². The molecule has 0 saturated carbocycles. The van der Waals surface area contributed by atoms with Crippen molar-refractivity contribution in [2.24, 2.45) is 4.99 Å². The predicted molar refractivity (Wildman–Crippen MR) is 119 cm³/mol. The number of nitrogens with zero attached hydrogens (tertiary/aromatic N) is 2. The lowest BCUT2D eigenvalue weighted by atomic mass is 10.1. The Morgan fingerprint density at radius 1 is 1.17 bits per heavy atom. The van der Waals surface area contributed by atoms with Crippen LogP contribution < -0.4 is 5.32 Å². The third-order valence-corrected chi connectivity index (χ3v) is 5.24. The molecule has 1 aliphatic rings. The van der Waals surface area contributed by atoms with Crippen LogP contribution >= 0.6 is 11.8 Å². The molecule has 2 aromatic carbocycles.